The van der Waals surface area contributed by atoms with Crippen LogP contribution >= 0.6 is 0 Å². The highest BCUT2D eigenvalue weighted by Crippen LogP contribution is 2.47. The molecule has 0 radical (unpaired) electrons. The fourth-order valence-corrected chi connectivity index (χ4v) is 11.9. The van der Waals surface area contributed by atoms with E-state index in [0.717, 1.165) is 39.4 Å². The molecule has 0 saturated heterocycles. The zero-order chi connectivity index (χ0) is 50.0. The van der Waals surface area contributed by atoms with Crippen LogP contribution in [-0.2, 0) is 0 Å². The van der Waals surface area contributed by atoms with Crippen LogP contribution in [0, 0.1) is 6.92 Å². The molecule has 0 N–H and O–H groups in total. The van der Waals surface area contributed by atoms with Gasteiger partial charge in [0, 0.05) is 33.6 Å². The van der Waals surface area contributed by atoms with Gasteiger partial charge in [0.25, 0.3) is 0 Å². The fourth-order valence-electron chi connectivity index (χ4n) is 11.9. The molecule has 0 amide bonds. The second-order valence-electron chi connectivity index (χ2n) is 19.9. The Morgan fingerprint density at radius 2 is 0.813 bits per heavy atom. The van der Waals surface area contributed by atoms with Crippen molar-refractivity contribution in [2.75, 3.05) is 0 Å². The SMILES string of the molecule is Cc1cc2c(-c3cccc(-c4nc5ccccc5n4-c4ccccc4)c3)c3ccccc3c(-c3ccc(-n4c5ccc(-c6ccccc6)cc5c5cc(-c6ccccc6)ccc54)cc3)c2cc1C(C)c1ccccc1. The summed E-state index contributed by atoms with van der Waals surface area (Å²) in [6.07, 6.45) is 0. The highest BCUT2D eigenvalue weighted by molar-refractivity contribution is 6.22. The number of aryl methyl sites for hydroxylation is 1. The zero-order valence-corrected chi connectivity index (χ0v) is 41.8. The van der Waals surface area contributed by atoms with Gasteiger partial charge in [-0.1, -0.05) is 201 Å². The summed E-state index contributed by atoms with van der Waals surface area (Å²) in [5, 5.41) is 7.37. The molecule has 0 bridgehead atoms. The van der Waals surface area contributed by atoms with Gasteiger partial charge >= 0.3 is 0 Å². The first kappa shape index (κ1) is 44.2. The molecule has 2 aromatic heterocycles. The minimum atomic E-state index is 0.190. The summed E-state index contributed by atoms with van der Waals surface area (Å²) in [5.41, 5.74) is 21.2. The minimum Gasteiger partial charge on any atom is -0.309 e. The molecule has 354 valence electrons. The van der Waals surface area contributed by atoms with E-state index in [0.29, 0.717) is 0 Å². The average molecular weight is 958 g/mol. The summed E-state index contributed by atoms with van der Waals surface area (Å²) in [5.74, 6) is 1.11. The third kappa shape index (κ3) is 7.55. The van der Waals surface area contributed by atoms with Crippen LogP contribution in [-0.4, -0.2) is 14.1 Å². The average Bonchev–Trinajstić information content (AvgIpc) is 4.04. The number of rotatable bonds is 9. The molecule has 3 heteroatoms. The summed E-state index contributed by atoms with van der Waals surface area (Å²) in [6.45, 7) is 4.64. The summed E-state index contributed by atoms with van der Waals surface area (Å²) in [7, 11) is 0. The van der Waals surface area contributed by atoms with Crippen LogP contribution in [0.15, 0.2) is 267 Å². The van der Waals surface area contributed by atoms with Gasteiger partial charge in [-0.15, -0.1) is 0 Å². The van der Waals surface area contributed by atoms with Crippen molar-refractivity contribution in [2.45, 2.75) is 19.8 Å². The van der Waals surface area contributed by atoms with E-state index in [2.05, 4.69) is 290 Å². The molecule has 0 aliphatic heterocycles. The Morgan fingerprint density at radius 3 is 1.45 bits per heavy atom. The third-order valence-corrected chi connectivity index (χ3v) is 15.6. The molecule has 0 saturated carbocycles. The van der Waals surface area contributed by atoms with E-state index in [1.807, 2.05) is 0 Å². The van der Waals surface area contributed by atoms with E-state index < -0.39 is 0 Å². The number of benzene rings is 12. The molecular formula is C72H51N3. The van der Waals surface area contributed by atoms with Crippen molar-refractivity contribution in [1.29, 1.82) is 0 Å². The Labute approximate surface area is 436 Å². The van der Waals surface area contributed by atoms with Gasteiger partial charge in [0.15, 0.2) is 0 Å². The molecule has 3 nitrogen and oxygen atoms in total. The zero-order valence-electron chi connectivity index (χ0n) is 41.8. The Hall–Kier alpha value is -9.57. The van der Waals surface area contributed by atoms with Crippen LogP contribution in [0.25, 0.3) is 122 Å². The molecule has 0 aliphatic carbocycles. The van der Waals surface area contributed by atoms with Gasteiger partial charge in [-0.05, 0) is 162 Å². The van der Waals surface area contributed by atoms with Crippen molar-refractivity contribution >= 4 is 54.4 Å². The van der Waals surface area contributed by atoms with E-state index in [4.69, 9.17) is 4.98 Å². The molecule has 0 fully saturated rings. The van der Waals surface area contributed by atoms with Crippen molar-refractivity contribution in [2.24, 2.45) is 0 Å². The maximum Gasteiger partial charge on any atom is 0.145 e. The molecule has 14 rings (SSSR count). The van der Waals surface area contributed by atoms with Crippen LogP contribution in [0.5, 0.6) is 0 Å². The first-order chi connectivity index (χ1) is 37.0. The summed E-state index contributed by atoms with van der Waals surface area (Å²) < 4.78 is 4.74. The normalized spacial score (nSPS) is 12.1. The Balaban J connectivity index is 0.970. The van der Waals surface area contributed by atoms with Gasteiger partial charge in [-0.2, -0.15) is 0 Å². The molecule has 1 unspecified atom stereocenters. The van der Waals surface area contributed by atoms with E-state index in [1.54, 1.807) is 0 Å². The van der Waals surface area contributed by atoms with Crippen LogP contribution in [0.2, 0.25) is 0 Å². The Bertz CT molecular complexity index is 4360. The molecule has 0 aliphatic rings. The lowest BCUT2D eigenvalue weighted by molar-refractivity contribution is 0.913. The quantitative estimate of drug-likeness (QED) is 0.132. The number of aromatic nitrogens is 3. The van der Waals surface area contributed by atoms with Gasteiger partial charge in [-0.25, -0.2) is 4.98 Å². The second kappa shape index (κ2) is 18.2. The number of para-hydroxylation sites is 3. The van der Waals surface area contributed by atoms with E-state index in [1.165, 1.54) is 99.0 Å². The summed E-state index contributed by atoms with van der Waals surface area (Å²) in [4.78, 5) is 5.30. The first-order valence-electron chi connectivity index (χ1n) is 26.0. The highest BCUT2D eigenvalue weighted by Gasteiger charge is 2.23. The predicted octanol–water partition coefficient (Wildman–Crippen LogP) is 19.2. The molecule has 12 aromatic carbocycles. The molecule has 14 aromatic rings. The van der Waals surface area contributed by atoms with Gasteiger partial charge < -0.3 is 4.57 Å². The smallest absolute Gasteiger partial charge is 0.145 e. The maximum absolute atomic E-state index is 5.30. The molecule has 0 spiro atoms. The summed E-state index contributed by atoms with van der Waals surface area (Å²) in [6, 6.07) is 97.6. The van der Waals surface area contributed by atoms with Crippen LogP contribution in [0.3, 0.4) is 0 Å². The third-order valence-electron chi connectivity index (χ3n) is 15.6. The topological polar surface area (TPSA) is 22.8 Å². The van der Waals surface area contributed by atoms with Crippen LogP contribution < -0.4 is 0 Å². The lowest BCUT2D eigenvalue weighted by Gasteiger charge is -2.22. The van der Waals surface area contributed by atoms with Crippen molar-refractivity contribution in [3.63, 3.8) is 0 Å². The first-order valence-corrected chi connectivity index (χ1v) is 26.0. The van der Waals surface area contributed by atoms with Gasteiger partial charge in [0.1, 0.15) is 5.82 Å². The standard InChI is InChI=1S/C72H51N3/c1-47-42-64-65(46-61(47)48(2)49-20-7-3-8-21-49)70(59-30-15-16-31-60(59)71(64)55-26-19-27-56(43-55)72-73-66-32-17-18-33-69(66)75(72)57-28-13-6-14-29-57)52-34-38-58(39-35-52)74-67-40-36-53(50-22-9-4-10-23-50)44-62(67)63-45-54(37-41-68(63)74)51-24-11-5-12-25-51/h3-46,48H,1-2H3. The molecule has 2 heterocycles. The molecular weight excluding hydrogens is 907 g/mol. The Morgan fingerprint density at radius 1 is 0.320 bits per heavy atom. The van der Waals surface area contributed by atoms with E-state index in [-0.39, 0.29) is 5.92 Å². The van der Waals surface area contributed by atoms with Crippen molar-refractivity contribution < 1.29 is 0 Å². The summed E-state index contributed by atoms with van der Waals surface area (Å²) >= 11 is 0. The molecule has 75 heavy (non-hydrogen) atoms. The maximum atomic E-state index is 5.30. The fraction of sp³-hybridized carbons (Fsp3) is 0.0417. The second-order valence-corrected chi connectivity index (χ2v) is 19.9. The minimum absolute atomic E-state index is 0.190. The van der Waals surface area contributed by atoms with Crippen molar-refractivity contribution in [1.82, 2.24) is 14.1 Å². The van der Waals surface area contributed by atoms with Gasteiger partial charge in [0.05, 0.1) is 22.1 Å². The van der Waals surface area contributed by atoms with Crippen molar-refractivity contribution in [3.05, 3.63) is 284 Å². The number of imidazole rings is 1. The van der Waals surface area contributed by atoms with E-state index in [9.17, 15) is 0 Å². The lowest BCUT2D eigenvalue weighted by atomic mass is 9.81. The van der Waals surface area contributed by atoms with Crippen LogP contribution in [0.1, 0.15) is 29.5 Å². The van der Waals surface area contributed by atoms with E-state index >= 15 is 0 Å². The van der Waals surface area contributed by atoms with Gasteiger partial charge in [0.2, 0.25) is 0 Å². The highest BCUT2D eigenvalue weighted by atomic mass is 15.1. The molecule has 1 atom stereocenters. The van der Waals surface area contributed by atoms with Gasteiger partial charge in [-0.3, -0.25) is 4.57 Å². The number of hydrogen-bond donors (Lipinski definition) is 0. The monoisotopic (exact) mass is 957 g/mol. The predicted molar refractivity (Wildman–Crippen MR) is 316 cm³/mol. The Kier molecular flexibility index (Phi) is 10.7. The largest absolute Gasteiger partial charge is 0.309 e. The number of nitrogens with zero attached hydrogens (tertiary/aromatic N) is 3. The number of fused-ring (bicyclic) bond motifs is 6. The number of hydrogen-bond acceptors (Lipinski definition) is 1. The lowest BCUT2D eigenvalue weighted by Crippen LogP contribution is -2.01. The van der Waals surface area contributed by atoms with Crippen LogP contribution in [0.4, 0.5) is 0 Å². The van der Waals surface area contributed by atoms with Crippen molar-refractivity contribution in [3.8, 4) is 67.3 Å².